The summed E-state index contributed by atoms with van der Waals surface area (Å²) in [6, 6.07) is 16.2. The summed E-state index contributed by atoms with van der Waals surface area (Å²) < 4.78 is 33.9. The van der Waals surface area contributed by atoms with E-state index in [0.29, 0.717) is 27.4 Å². The fourth-order valence-corrected chi connectivity index (χ4v) is 5.21. The molecule has 186 valence electrons. The van der Waals surface area contributed by atoms with E-state index in [2.05, 4.69) is 24.7 Å². The second-order valence-corrected chi connectivity index (χ2v) is 10.5. The molecule has 3 aromatic carbocycles. The highest BCUT2D eigenvalue weighted by atomic mass is 35.5. The Labute approximate surface area is 219 Å². The van der Waals surface area contributed by atoms with Gasteiger partial charge >= 0.3 is 0 Å². The van der Waals surface area contributed by atoms with Gasteiger partial charge in [0.15, 0.2) is 0 Å². The van der Waals surface area contributed by atoms with Crippen LogP contribution in [-0.4, -0.2) is 35.5 Å². The summed E-state index contributed by atoms with van der Waals surface area (Å²) in [5.74, 6) is 0.620. The molecule has 0 atom stereocenters. The smallest absolute Gasteiger partial charge is 0.264 e. The Bertz CT molecular complexity index is 1750. The Morgan fingerprint density at radius 3 is 2.38 bits per heavy atom. The molecule has 0 aliphatic rings. The molecule has 0 spiro atoms. The summed E-state index contributed by atoms with van der Waals surface area (Å²) in [5, 5.41) is 1.40. The van der Waals surface area contributed by atoms with Gasteiger partial charge in [-0.3, -0.25) is 0 Å². The van der Waals surface area contributed by atoms with Gasteiger partial charge in [0.05, 0.1) is 23.2 Å². The molecule has 8 nitrogen and oxygen atoms in total. The first kappa shape index (κ1) is 24.6. The molecule has 0 radical (unpaired) electrons. The van der Waals surface area contributed by atoms with Gasteiger partial charge in [0, 0.05) is 28.4 Å². The van der Waals surface area contributed by atoms with Crippen LogP contribution in [-0.2, 0) is 10.0 Å². The Morgan fingerprint density at radius 1 is 0.865 bits per heavy atom. The fraction of sp³-hybridized carbons (Fsp3) is 0.111. The quantitative estimate of drug-likeness (QED) is 0.293. The molecule has 0 aliphatic heterocycles. The van der Waals surface area contributed by atoms with Crippen LogP contribution in [0.15, 0.2) is 78.2 Å². The molecule has 2 aromatic heterocycles. The van der Waals surface area contributed by atoms with Crippen LogP contribution < -0.4 is 9.46 Å². The Balaban J connectivity index is 1.58. The van der Waals surface area contributed by atoms with Crippen LogP contribution in [0.2, 0.25) is 5.02 Å². The monoisotopic (exact) mass is 531 g/mol. The topological polar surface area (TPSA) is 107 Å². The molecular formula is C27H22ClN5O3S. The number of hydrogen-bond donors (Lipinski definition) is 1. The van der Waals surface area contributed by atoms with Crippen LogP contribution in [0, 0.1) is 13.8 Å². The van der Waals surface area contributed by atoms with E-state index < -0.39 is 10.0 Å². The third-order valence-electron chi connectivity index (χ3n) is 5.98. The average molecular weight is 532 g/mol. The van der Waals surface area contributed by atoms with Crippen molar-refractivity contribution in [2.24, 2.45) is 0 Å². The summed E-state index contributed by atoms with van der Waals surface area (Å²) in [5.41, 5.74) is 5.93. The first-order valence-electron chi connectivity index (χ1n) is 11.3. The number of nitrogens with one attached hydrogen (secondary N) is 1. The molecule has 0 saturated heterocycles. The maximum Gasteiger partial charge on any atom is 0.264 e. The molecule has 0 unspecified atom stereocenters. The predicted octanol–water partition coefficient (Wildman–Crippen LogP) is 5.83. The van der Waals surface area contributed by atoms with Crippen LogP contribution >= 0.6 is 11.6 Å². The van der Waals surface area contributed by atoms with Crippen LogP contribution in [0.25, 0.3) is 33.3 Å². The van der Waals surface area contributed by atoms with Gasteiger partial charge in [-0.1, -0.05) is 17.7 Å². The number of methoxy groups -OCH3 is 1. The molecule has 2 heterocycles. The molecule has 10 heteroatoms. The third-order valence-corrected chi connectivity index (χ3v) is 7.73. The number of anilines is 1. The third kappa shape index (κ3) is 4.83. The number of fused-ring (bicyclic) bond motifs is 1. The molecule has 0 amide bonds. The van der Waals surface area contributed by atoms with E-state index in [1.165, 1.54) is 30.9 Å². The van der Waals surface area contributed by atoms with Crippen molar-refractivity contribution in [1.82, 2.24) is 19.9 Å². The number of aromatic nitrogens is 4. The minimum atomic E-state index is -3.91. The van der Waals surface area contributed by atoms with Crippen LogP contribution in [0.1, 0.15) is 11.1 Å². The molecule has 5 aromatic rings. The first-order valence-corrected chi connectivity index (χ1v) is 13.1. The Morgan fingerprint density at radius 2 is 1.65 bits per heavy atom. The molecule has 0 aliphatic carbocycles. The van der Waals surface area contributed by atoms with Crippen molar-refractivity contribution in [3.8, 4) is 28.1 Å². The molecular weight excluding hydrogens is 510 g/mol. The molecule has 0 bridgehead atoms. The number of aryl methyl sites for hydroxylation is 2. The lowest BCUT2D eigenvalue weighted by atomic mass is 9.94. The first-order chi connectivity index (χ1) is 17.8. The van der Waals surface area contributed by atoms with Crippen molar-refractivity contribution >= 4 is 38.5 Å². The Kier molecular flexibility index (Phi) is 6.49. The van der Waals surface area contributed by atoms with Gasteiger partial charge in [-0.25, -0.2) is 33.1 Å². The average Bonchev–Trinajstić information content (AvgIpc) is 2.90. The SMILES string of the molecule is COc1cc(-c2ccc(Cl)c(C)c2)c(C)cc1-c1ncnc2cc(S(=O)(=O)Nc3ncccn3)ccc12. The van der Waals surface area contributed by atoms with E-state index in [-0.39, 0.29) is 10.8 Å². The summed E-state index contributed by atoms with van der Waals surface area (Å²) in [7, 11) is -2.31. The summed E-state index contributed by atoms with van der Waals surface area (Å²) in [6.07, 6.45) is 4.33. The fourth-order valence-electron chi connectivity index (χ4n) is 4.11. The minimum Gasteiger partial charge on any atom is -0.496 e. The van der Waals surface area contributed by atoms with E-state index >= 15 is 0 Å². The maximum absolute atomic E-state index is 12.9. The number of sulfonamides is 1. The summed E-state index contributed by atoms with van der Waals surface area (Å²) in [6.45, 7) is 3.99. The van der Waals surface area contributed by atoms with Crippen LogP contribution in [0.5, 0.6) is 5.75 Å². The standard InChI is InChI=1S/C27H22ClN5O3S/c1-16-12-22(25(36-3)14-21(16)18-5-8-23(28)17(2)11-18)26-20-7-6-19(13-24(20)31-15-32-26)37(34,35)33-27-29-9-4-10-30-27/h4-15H,1-3H3,(H,29,30,33). The van der Waals surface area contributed by atoms with Gasteiger partial charge in [-0.2, -0.15) is 0 Å². The molecule has 5 rings (SSSR count). The maximum atomic E-state index is 12.9. The number of nitrogens with zero attached hydrogens (tertiary/aromatic N) is 4. The predicted molar refractivity (Wildman–Crippen MR) is 144 cm³/mol. The van der Waals surface area contributed by atoms with Crippen LogP contribution in [0.3, 0.4) is 0 Å². The number of halogens is 1. The van der Waals surface area contributed by atoms with Crippen LogP contribution in [0.4, 0.5) is 5.95 Å². The second kappa shape index (κ2) is 9.76. The molecule has 0 fully saturated rings. The molecule has 0 saturated carbocycles. The van der Waals surface area contributed by atoms with Crippen molar-refractivity contribution in [2.75, 3.05) is 11.8 Å². The highest BCUT2D eigenvalue weighted by Crippen LogP contribution is 2.39. The summed E-state index contributed by atoms with van der Waals surface area (Å²) in [4.78, 5) is 16.7. The lowest BCUT2D eigenvalue weighted by Gasteiger charge is -2.16. The van der Waals surface area contributed by atoms with Crippen molar-refractivity contribution in [3.63, 3.8) is 0 Å². The van der Waals surface area contributed by atoms with Crippen molar-refractivity contribution in [1.29, 1.82) is 0 Å². The van der Waals surface area contributed by atoms with Crippen molar-refractivity contribution in [2.45, 2.75) is 18.7 Å². The highest BCUT2D eigenvalue weighted by molar-refractivity contribution is 7.92. The minimum absolute atomic E-state index is 0.0119. The van der Waals surface area contributed by atoms with Gasteiger partial charge in [0.1, 0.15) is 12.1 Å². The van der Waals surface area contributed by atoms with E-state index in [4.69, 9.17) is 16.3 Å². The number of ether oxygens (including phenoxy) is 1. The van der Waals surface area contributed by atoms with E-state index in [1.54, 1.807) is 19.2 Å². The van der Waals surface area contributed by atoms with Crippen molar-refractivity contribution in [3.05, 3.63) is 89.5 Å². The van der Waals surface area contributed by atoms with Gasteiger partial charge in [0.25, 0.3) is 10.0 Å². The van der Waals surface area contributed by atoms with Gasteiger partial charge in [-0.05, 0) is 84.6 Å². The lowest BCUT2D eigenvalue weighted by molar-refractivity contribution is 0.416. The number of rotatable bonds is 6. The van der Waals surface area contributed by atoms with E-state index in [9.17, 15) is 8.42 Å². The number of benzene rings is 3. The van der Waals surface area contributed by atoms with E-state index in [1.807, 2.05) is 44.2 Å². The second-order valence-electron chi connectivity index (χ2n) is 8.41. The van der Waals surface area contributed by atoms with E-state index in [0.717, 1.165) is 27.8 Å². The number of hydrogen-bond acceptors (Lipinski definition) is 7. The normalized spacial score (nSPS) is 11.5. The summed E-state index contributed by atoms with van der Waals surface area (Å²) >= 11 is 6.22. The molecule has 37 heavy (non-hydrogen) atoms. The molecule has 1 N–H and O–H groups in total. The van der Waals surface area contributed by atoms with Crippen molar-refractivity contribution < 1.29 is 13.2 Å². The Hall–Kier alpha value is -4.08. The zero-order chi connectivity index (χ0) is 26.2. The van der Waals surface area contributed by atoms with Gasteiger partial charge in [0.2, 0.25) is 5.95 Å². The van der Waals surface area contributed by atoms with Gasteiger partial charge < -0.3 is 4.74 Å². The van der Waals surface area contributed by atoms with Gasteiger partial charge in [-0.15, -0.1) is 0 Å². The zero-order valence-electron chi connectivity index (χ0n) is 20.2. The lowest BCUT2D eigenvalue weighted by Crippen LogP contribution is -2.14. The largest absolute Gasteiger partial charge is 0.496 e. The highest BCUT2D eigenvalue weighted by Gasteiger charge is 2.19. The zero-order valence-corrected chi connectivity index (χ0v) is 21.8.